The van der Waals surface area contributed by atoms with Gasteiger partial charge in [0.25, 0.3) is 0 Å². The number of hydrogen-bond acceptors (Lipinski definition) is 3. The maximum atomic E-state index is 11.3. The smallest absolute Gasteiger partial charge is 0.216 e. The number of aryl methyl sites for hydroxylation is 2. The van der Waals surface area contributed by atoms with E-state index in [2.05, 4.69) is 78.8 Å². The summed E-state index contributed by atoms with van der Waals surface area (Å²) in [4.78, 5) is 13.8. The average molecular weight is 417 g/mol. The molecule has 0 aliphatic carbocycles. The van der Waals surface area contributed by atoms with Crippen molar-refractivity contribution in [1.82, 2.24) is 20.0 Å². The molecule has 2 aromatic carbocycles. The number of rotatable bonds is 6. The molecule has 162 valence electrons. The van der Waals surface area contributed by atoms with Gasteiger partial charge < -0.3 is 5.32 Å². The Bertz CT molecular complexity index is 1040. The number of benzene rings is 2. The molecule has 0 unspecified atom stereocenters. The lowest BCUT2D eigenvalue weighted by Crippen LogP contribution is -2.40. The summed E-state index contributed by atoms with van der Waals surface area (Å²) in [5, 5.41) is 7.99. The fourth-order valence-electron chi connectivity index (χ4n) is 4.38. The van der Waals surface area contributed by atoms with Crippen molar-refractivity contribution in [3.8, 4) is 16.9 Å². The van der Waals surface area contributed by atoms with E-state index in [4.69, 9.17) is 5.10 Å². The molecule has 2 heterocycles. The average Bonchev–Trinajstić information content (AvgIpc) is 3.17. The molecule has 5 heteroatoms. The van der Waals surface area contributed by atoms with Crippen molar-refractivity contribution in [1.29, 1.82) is 0 Å². The number of carbonyl (C=O) groups is 1. The Morgan fingerprint density at radius 2 is 1.94 bits per heavy atom. The summed E-state index contributed by atoms with van der Waals surface area (Å²) in [5.41, 5.74) is 7.01. The van der Waals surface area contributed by atoms with Gasteiger partial charge in [-0.2, -0.15) is 5.10 Å². The molecule has 1 fully saturated rings. The lowest BCUT2D eigenvalue weighted by Gasteiger charge is -2.32. The molecule has 1 aliphatic rings. The minimum absolute atomic E-state index is 0.0539. The summed E-state index contributed by atoms with van der Waals surface area (Å²) in [6.45, 7) is 9.53. The molecule has 1 atom stereocenters. The van der Waals surface area contributed by atoms with Crippen LogP contribution in [0.5, 0.6) is 0 Å². The first-order valence-electron chi connectivity index (χ1n) is 11.2. The van der Waals surface area contributed by atoms with E-state index in [0.717, 1.165) is 49.5 Å². The molecular formula is C26H32N4O. The summed E-state index contributed by atoms with van der Waals surface area (Å²) in [5.74, 6) is 0.561. The van der Waals surface area contributed by atoms with E-state index >= 15 is 0 Å². The lowest BCUT2D eigenvalue weighted by atomic mass is 9.97. The Morgan fingerprint density at radius 3 is 2.68 bits per heavy atom. The SMILES string of the molecule is CC(=O)NC[C@@H]1CCCN(Cc2cn(-c3ccc(C)cc3)nc2-c2cccc(C)c2)C1. The molecular weight excluding hydrogens is 384 g/mol. The van der Waals surface area contributed by atoms with Crippen molar-refractivity contribution in [2.24, 2.45) is 5.92 Å². The van der Waals surface area contributed by atoms with Crippen LogP contribution in [0.2, 0.25) is 0 Å². The summed E-state index contributed by atoms with van der Waals surface area (Å²) >= 11 is 0. The molecule has 0 bridgehead atoms. The summed E-state index contributed by atoms with van der Waals surface area (Å²) in [6.07, 6.45) is 4.51. The van der Waals surface area contributed by atoms with Gasteiger partial charge in [0, 0.05) is 43.9 Å². The number of nitrogens with zero attached hydrogens (tertiary/aromatic N) is 3. The third-order valence-electron chi connectivity index (χ3n) is 6.02. The van der Waals surface area contributed by atoms with E-state index < -0.39 is 0 Å². The fourth-order valence-corrected chi connectivity index (χ4v) is 4.38. The standard InChI is InChI=1S/C26H32N4O/c1-19-9-11-25(12-10-19)30-18-24(26(28-30)23-8-4-6-20(2)14-23)17-29-13-5-7-22(16-29)15-27-21(3)31/h4,6,8-12,14,18,22H,5,7,13,15-17H2,1-3H3,(H,27,31)/t22-/m0/s1. The number of hydrogen-bond donors (Lipinski definition) is 1. The highest BCUT2D eigenvalue weighted by atomic mass is 16.1. The highest BCUT2D eigenvalue weighted by Gasteiger charge is 2.22. The number of piperidine rings is 1. The first-order valence-corrected chi connectivity index (χ1v) is 11.2. The normalized spacial score (nSPS) is 16.9. The lowest BCUT2D eigenvalue weighted by molar-refractivity contribution is -0.119. The monoisotopic (exact) mass is 416 g/mol. The van der Waals surface area contributed by atoms with E-state index in [1.54, 1.807) is 6.92 Å². The molecule has 1 aromatic heterocycles. The van der Waals surface area contributed by atoms with Gasteiger partial charge in [-0.1, -0.05) is 41.5 Å². The minimum Gasteiger partial charge on any atom is -0.356 e. The molecule has 3 aromatic rings. The van der Waals surface area contributed by atoms with Crippen LogP contribution in [-0.4, -0.2) is 40.2 Å². The number of likely N-dealkylation sites (tertiary alicyclic amines) is 1. The van der Waals surface area contributed by atoms with Crippen molar-refractivity contribution in [3.05, 3.63) is 71.4 Å². The second-order valence-corrected chi connectivity index (χ2v) is 8.83. The molecule has 1 saturated heterocycles. The van der Waals surface area contributed by atoms with Crippen molar-refractivity contribution < 1.29 is 4.79 Å². The van der Waals surface area contributed by atoms with Gasteiger partial charge in [0.05, 0.1) is 11.4 Å². The van der Waals surface area contributed by atoms with Gasteiger partial charge in [-0.05, 0) is 57.4 Å². The van der Waals surface area contributed by atoms with Gasteiger partial charge in [-0.15, -0.1) is 0 Å². The second-order valence-electron chi connectivity index (χ2n) is 8.83. The van der Waals surface area contributed by atoms with E-state index in [1.165, 1.54) is 23.1 Å². The Balaban J connectivity index is 1.60. The van der Waals surface area contributed by atoms with Crippen LogP contribution in [0, 0.1) is 19.8 Å². The summed E-state index contributed by atoms with van der Waals surface area (Å²) < 4.78 is 2.01. The van der Waals surface area contributed by atoms with Crippen LogP contribution >= 0.6 is 0 Å². The number of carbonyl (C=O) groups excluding carboxylic acids is 1. The van der Waals surface area contributed by atoms with Crippen molar-refractivity contribution in [2.75, 3.05) is 19.6 Å². The molecule has 0 spiro atoms. The minimum atomic E-state index is 0.0539. The largest absolute Gasteiger partial charge is 0.356 e. The van der Waals surface area contributed by atoms with Gasteiger partial charge in [-0.3, -0.25) is 9.69 Å². The Labute approximate surface area is 185 Å². The Morgan fingerprint density at radius 1 is 1.13 bits per heavy atom. The highest BCUT2D eigenvalue weighted by molar-refractivity contribution is 5.72. The molecule has 4 rings (SSSR count). The summed E-state index contributed by atoms with van der Waals surface area (Å²) in [7, 11) is 0. The van der Waals surface area contributed by atoms with Gasteiger partial charge in [0.15, 0.2) is 0 Å². The maximum absolute atomic E-state index is 11.3. The predicted octanol–water partition coefficient (Wildman–Crippen LogP) is 4.50. The van der Waals surface area contributed by atoms with E-state index in [-0.39, 0.29) is 5.91 Å². The molecule has 5 nitrogen and oxygen atoms in total. The van der Waals surface area contributed by atoms with E-state index in [1.807, 2.05) is 4.68 Å². The van der Waals surface area contributed by atoms with Crippen LogP contribution < -0.4 is 5.32 Å². The molecule has 1 aliphatic heterocycles. The molecule has 1 amide bonds. The van der Waals surface area contributed by atoms with Crippen molar-refractivity contribution in [3.63, 3.8) is 0 Å². The topological polar surface area (TPSA) is 50.2 Å². The zero-order valence-corrected chi connectivity index (χ0v) is 18.8. The number of amides is 1. The number of aromatic nitrogens is 2. The Kier molecular flexibility index (Phi) is 6.52. The second kappa shape index (κ2) is 9.48. The summed E-state index contributed by atoms with van der Waals surface area (Å²) in [6, 6.07) is 17.1. The van der Waals surface area contributed by atoms with Crippen molar-refractivity contribution >= 4 is 5.91 Å². The quantitative estimate of drug-likeness (QED) is 0.643. The number of nitrogens with one attached hydrogen (secondary N) is 1. The van der Waals surface area contributed by atoms with E-state index in [0.29, 0.717) is 5.92 Å². The van der Waals surface area contributed by atoms with E-state index in [9.17, 15) is 4.79 Å². The molecule has 31 heavy (non-hydrogen) atoms. The zero-order valence-electron chi connectivity index (χ0n) is 18.8. The van der Waals surface area contributed by atoms with Crippen LogP contribution in [0.1, 0.15) is 36.5 Å². The van der Waals surface area contributed by atoms with Crippen LogP contribution in [-0.2, 0) is 11.3 Å². The highest BCUT2D eigenvalue weighted by Crippen LogP contribution is 2.27. The van der Waals surface area contributed by atoms with Crippen LogP contribution in [0.4, 0.5) is 0 Å². The van der Waals surface area contributed by atoms with Gasteiger partial charge in [-0.25, -0.2) is 4.68 Å². The third kappa shape index (κ3) is 5.42. The van der Waals surface area contributed by atoms with Gasteiger partial charge in [0.2, 0.25) is 5.91 Å². The van der Waals surface area contributed by atoms with Crippen LogP contribution in [0.25, 0.3) is 16.9 Å². The first-order chi connectivity index (χ1) is 15.0. The fraction of sp³-hybridized carbons (Fsp3) is 0.385. The predicted molar refractivity (Wildman–Crippen MR) is 125 cm³/mol. The van der Waals surface area contributed by atoms with Crippen molar-refractivity contribution in [2.45, 2.75) is 40.2 Å². The molecule has 1 N–H and O–H groups in total. The molecule has 0 radical (unpaired) electrons. The van der Waals surface area contributed by atoms with Crippen LogP contribution in [0.3, 0.4) is 0 Å². The van der Waals surface area contributed by atoms with Gasteiger partial charge >= 0.3 is 0 Å². The molecule has 0 saturated carbocycles. The zero-order chi connectivity index (χ0) is 21.8. The third-order valence-corrected chi connectivity index (χ3v) is 6.02. The maximum Gasteiger partial charge on any atom is 0.216 e. The van der Waals surface area contributed by atoms with Crippen LogP contribution in [0.15, 0.2) is 54.7 Å². The van der Waals surface area contributed by atoms with Gasteiger partial charge in [0.1, 0.15) is 0 Å². The Hall–Kier alpha value is -2.92. The first kappa shape index (κ1) is 21.3.